The topological polar surface area (TPSA) is 57.6 Å². The summed E-state index contributed by atoms with van der Waals surface area (Å²) in [4.78, 5) is 24.1. The van der Waals surface area contributed by atoms with Gasteiger partial charge < -0.3 is 10.0 Å². The molecule has 0 bridgehead atoms. The minimum absolute atomic E-state index is 0.0934. The molecule has 0 saturated heterocycles. The first kappa shape index (κ1) is 16.8. The number of benzene rings is 1. The Balaban J connectivity index is 2.50. The molecule has 1 unspecified atom stereocenters. The SMILES string of the molecule is CC(CN(C)C(=O)CCc1ccc(Cl)c(Cl)c1)C(=O)O. The Morgan fingerprint density at radius 3 is 2.50 bits per heavy atom. The van der Waals surface area contributed by atoms with Crippen molar-refractivity contribution in [2.75, 3.05) is 13.6 Å². The molecule has 0 heterocycles. The summed E-state index contributed by atoms with van der Waals surface area (Å²) in [6, 6.07) is 5.25. The summed E-state index contributed by atoms with van der Waals surface area (Å²) < 4.78 is 0. The molecule has 0 radical (unpaired) electrons. The van der Waals surface area contributed by atoms with E-state index in [-0.39, 0.29) is 12.5 Å². The zero-order valence-corrected chi connectivity index (χ0v) is 12.9. The van der Waals surface area contributed by atoms with Crippen LogP contribution in [0, 0.1) is 5.92 Å². The maximum absolute atomic E-state index is 11.9. The van der Waals surface area contributed by atoms with Crippen molar-refractivity contribution >= 4 is 35.1 Å². The minimum atomic E-state index is -0.908. The van der Waals surface area contributed by atoms with E-state index in [2.05, 4.69) is 0 Å². The maximum atomic E-state index is 11.9. The first-order chi connectivity index (χ1) is 9.31. The Morgan fingerprint density at radius 2 is 1.95 bits per heavy atom. The summed E-state index contributed by atoms with van der Waals surface area (Å²) in [5, 5.41) is 9.76. The smallest absolute Gasteiger partial charge is 0.308 e. The Bertz CT molecular complexity index is 505. The number of carbonyl (C=O) groups is 2. The number of carboxylic acids is 1. The average Bonchev–Trinajstić information content (AvgIpc) is 2.39. The molecule has 1 aromatic carbocycles. The van der Waals surface area contributed by atoms with Crippen LogP contribution in [0.4, 0.5) is 0 Å². The molecule has 1 aromatic rings. The Kier molecular flexibility index (Phi) is 6.30. The summed E-state index contributed by atoms with van der Waals surface area (Å²) in [5.41, 5.74) is 0.924. The quantitative estimate of drug-likeness (QED) is 0.877. The molecule has 0 spiro atoms. The molecule has 1 N–H and O–H groups in total. The highest BCUT2D eigenvalue weighted by Crippen LogP contribution is 2.23. The number of carbonyl (C=O) groups excluding carboxylic acids is 1. The number of hydrogen-bond acceptors (Lipinski definition) is 2. The van der Waals surface area contributed by atoms with Crippen LogP contribution in [0.25, 0.3) is 0 Å². The zero-order valence-electron chi connectivity index (χ0n) is 11.4. The highest BCUT2D eigenvalue weighted by atomic mass is 35.5. The van der Waals surface area contributed by atoms with Crippen molar-refractivity contribution in [1.29, 1.82) is 0 Å². The first-order valence-corrected chi connectivity index (χ1v) is 6.97. The van der Waals surface area contributed by atoms with Crippen LogP contribution in [-0.2, 0) is 16.0 Å². The van der Waals surface area contributed by atoms with Crippen molar-refractivity contribution in [3.05, 3.63) is 33.8 Å². The Labute approximate surface area is 128 Å². The maximum Gasteiger partial charge on any atom is 0.308 e. The summed E-state index contributed by atoms with van der Waals surface area (Å²) >= 11 is 11.7. The number of aryl methyl sites for hydroxylation is 1. The van der Waals surface area contributed by atoms with Gasteiger partial charge in [-0.2, -0.15) is 0 Å². The van der Waals surface area contributed by atoms with Gasteiger partial charge in [0.1, 0.15) is 0 Å². The molecule has 1 amide bonds. The van der Waals surface area contributed by atoms with E-state index >= 15 is 0 Å². The molecule has 6 heteroatoms. The van der Waals surface area contributed by atoms with Gasteiger partial charge >= 0.3 is 5.97 Å². The number of carboxylic acid groups (broad SMARTS) is 1. The molecule has 0 aromatic heterocycles. The number of hydrogen-bond donors (Lipinski definition) is 1. The van der Waals surface area contributed by atoms with E-state index in [9.17, 15) is 9.59 Å². The lowest BCUT2D eigenvalue weighted by Crippen LogP contribution is -2.33. The van der Waals surface area contributed by atoms with Crippen molar-refractivity contribution in [3.8, 4) is 0 Å². The predicted octanol–water partition coefficient (Wildman–Crippen LogP) is 3.11. The monoisotopic (exact) mass is 317 g/mol. The average molecular weight is 318 g/mol. The van der Waals surface area contributed by atoms with E-state index < -0.39 is 11.9 Å². The van der Waals surface area contributed by atoms with E-state index in [1.807, 2.05) is 6.07 Å². The Morgan fingerprint density at radius 1 is 1.30 bits per heavy atom. The standard InChI is InChI=1S/C14H17Cl2NO3/c1-9(14(19)20)8-17(2)13(18)6-4-10-3-5-11(15)12(16)7-10/h3,5,7,9H,4,6,8H2,1-2H3,(H,19,20). The zero-order chi connectivity index (χ0) is 15.3. The number of amides is 1. The van der Waals surface area contributed by atoms with Gasteiger partial charge in [-0.15, -0.1) is 0 Å². The molecule has 1 rings (SSSR count). The molecule has 0 aliphatic carbocycles. The molecule has 0 aliphatic rings. The van der Waals surface area contributed by atoms with Crippen molar-refractivity contribution in [3.63, 3.8) is 0 Å². The van der Waals surface area contributed by atoms with Crippen molar-refractivity contribution < 1.29 is 14.7 Å². The molecule has 1 atom stereocenters. The second kappa shape index (κ2) is 7.50. The van der Waals surface area contributed by atoms with E-state index in [1.165, 1.54) is 4.90 Å². The van der Waals surface area contributed by atoms with Gasteiger partial charge in [-0.1, -0.05) is 36.2 Å². The molecule has 20 heavy (non-hydrogen) atoms. The van der Waals surface area contributed by atoms with E-state index in [0.717, 1.165) is 5.56 Å². The van der Waals surface area contributed by atoms with Crippen LogP contribution in [0.2, 0.25) is 10.0 Å². The minimum Gasteiger partial charge on any atom is -0.481 e. The van der Waals surface area contributed by atoms with Crippen LogP contribution in [-0.4, -0.2) is 35.5 Å². The number of rotatable bonds is 6. The van der Waals surface area contributed by atoms with Crippen molar-refractivity contribution in [2.24, 2.45) is 5.92 Å². The van der Waals surface area contributed by atoms with Crippen LogP contribution in [0.1, 0.15) is 18.9 Å². The molecule has 110 valence electrons. The third-order valence-electron chi connectivity index (χ3n) is 3.01. The normalized spacial score (nSPS) is 12.0. The number of aliphatic carboxylic acids is 1. The molecule has 0 aliphatic heterocycles. The molecular weight excluding hydrogens is 301 g/mol. The van der Waals surface area contributed by atoms with Crippen LogP contribution in [0.5, 0.6) is 0 Å². The van der Waals surface area contributed by atoms with Gasteiger partial charge in [-0.05, 0) is 24.1 Å². The summed E-state index contributed by atoms with van der Waals surface area (Å²) in [5.74, 6) is -1.58. The lowest BCUT2D eigenvalue weighted by molar-refractivity contribution is -0.142. The van der Waals surface area contributed by atoms with Crippen molar-refractivity contribution in [1.82, 2.24) is 4.90 Å². The molecular formula is C14H17Cl2NO3. The van der Waals surface area contributed by atoms with Gasteiger partial charge in [0.05, 0.1) is 16.0 Å². The van der Waals surface area contributed by atoms with Crippen LogP contribution in [0.15, 0.2) is 18.2 Å². The first-order valence-electron chi connectivity index (χ1n) is 6.22. The van der Waals surface area contributed by atoms with E-state index in [1.54, 1.807) is 26.1 Å². The van der Waals surface area contributed by atoms with Crippen molar-refractivity contribution in [2.45, 2.75) is 19.8 Å². The van der Waals surface area contributed by atoms with Gasteiger partial charge in [0.15, 0.2) is 0 Å². The highest BCUT2D eigenvalue weighted by Gasteiger charge is 2.17. The van der Waals surface area contributed by atoms with Gasteiger partial charge in [-0.25, -0.2) is 0 Å². The van der Waals surface area contributed by atoms with E-state index in [4.69, 9.17) is 28.3 Å². The van der Waals surface area contributed by atoms with E-state index in [0.29, 0.717) is 22.9 Å². The van der Waals surface area contributed by atoms with Gasteiger partial charge in [0, 0.05) is 20.0 Å². The molecule has 0 fully saturated rings. The molecule has 4 nitrogen and oxygen atoms in total. The second-order valence-electron chi connectivity index (χ2n) is 4.76. The fraction of sp³-hybridized carbons (Fsp3) is 0.429. The second-order valence-corrected chi connectivity index (χ2v) is 5.58. The molecule has 0 saturated carbocycles. The summed E-state index contributed by atoms with van der Waals surface area (Å²) in [6.45, 7) is 1.78. The summed E-state index contributed by atoms with van der Waals surface area (Å²) in [6.07, 6.45) is 0.850. The lowest BCUT2D eigenvalue weighted by atomic mass is 10.1. The number of halogens is 2. The Hall–Kier alpha value is -1.26. The van der Waals surface area contributed by atoms with Gasteiger partial charge in [0.25, 0.3) is 0 Å². The van der Waals surface area contributed by atoms with Crippen LogP contribution in [0.3, 0.4) is 0 Å². The third kappa shape index (κ3) is 5.02. The van der Waals surface area contributed by atoms with Crippen LogP contribution >= 0.6 is 23.2 Å². The van der Waals surface area contributed by atoms with Crippen LogP contribution < -0.4 is 0 Å². The summed E-state index contributed by atoms with van der Waals surface area (Å²) in [7, 11) is 1.61. The fourth-order valence-electron chi connectivity index (χ4n) is 1.73. The predicted molar refractivity (Wildman–Crippen MR) is 79.2 cm³/mol. The largest absolute Gasteiger partial charge is 0.481 e. The fourth-order valence-corrected chi connectivity index (χ4v) is 2.05. The van der Waals surface area contributed by atoms with Gasteiger partial charge in [0.2, 0.25) is 5.91 Å². The van der Waals surface area contributed by atoms with Gasteiger partial charge in [-0.3, -0.25) is 9.59 Å². The highest BCUT2D eigenvalue weighted by molar-refractivity contribution is 6.42. The number of nitrogens with zero attached hydrogens (tertiary/aromatic N) is 1. The third-order valence-corrected chi connectivity index (χ3v) is 3.75. The lowest BCUT2D eigenvalue weighted by Gasteiger charge is -2.19.